The van der Waals surface area contributed by atoms with Crippen LogP contribution in [0.4, 0.5) is 0 Å². The molecule has 0 aliphatic carbocycles. The van der Waals surface area contributed by atoms with Gasteiger partial charge in [0, 0.05) is 12.8 Å². The van der Waals surface area contributed by atoms with Crippen LogP contribution in [0.1, 0.15) is 24.1 Å². The Hall–Kier alpha value is -0.350. The van der Waals surface area contributed by atoms with Crippen LogP contribution >= 0.6 is 22.7 Å². The molecule has 0 aromatic carbocycles. The maximum absolute atomic E-state index is 9.47. The molecule has 13 heavy (non-hydrogen) atoms. The van der Waals surface area contributed by atoms with Crippen LogP contribution in [0.2, 0.25) is 0 Å². The summed E-state index contributed by atoms with van der Waals surface area (Å²) in [4.78, 5) is 1.05. The lowest BCUT2D eigenvalue weighted by Crippen LogP contribution is -2.31. The van der Waals surface area contributed by atoms with Gasteiger partial charge in [-0.25, -0.2) is 4.58 Å². The van der Waals surface area contributed by atoms with Gasteiger partial charge < -0.3 is 5.11 Å². The first-order chi connectivity index (χ1) is 6.27. The number of hydrogen-bond acceptors (Lipinski definition) is 3. The Bertz CT molecular complexity index is 333. The second-order valence-corrected chi connectivity index (χ2v) is 5.82. The third-order valence-electron chi connectivity index (χ3n) is 2.34. The number of aryl methyl sites for hydroxylation is 1. The van der Waals surface area contributed by atoms with Crippen LogP contribution in [-0.4, -0.2) is 18.2 Å². The predicted molar refractivity (Wildman–Crippen MR) is 57.5 cm³/mol. The van der Waals surface area contributed by atoms with E-state index in [0.717, 1.165) is 18.0 Å². The molecule has 0 unspecified atom stereocenters. The van der Waals surface area contributed by atoms with Crippen LogP contribution in [0, 0.1) is 6.92 Å². The highest BCUT2D eigenvalue weighted by Gasteiger charge is 2.14. The number of piperidine rings is 1. The Balaban J connectivity index is 2.40. The van der Waals surface area contributed by atoms with Gasteiger partial charge in [0.1, 0.15) is 13.1 Å². The minimum Gasteiger partial charge on any atom is -0.499 e. The van der Waals surface area contributed by atoms with Gasteiger partial charge in [-0.15, -0.1) is 0 Å². The molecule has 2 rings (SSSR count). The Morgan fingerprint density at radius 1 is 1.15 bits per heavy atom. The number of nitrogens with zero attached hydrogens (tertiary/aromatic N) is 1. The minimum atomic E-state index is 0.491. The van der Waals surface area contributed by atoms with E-state index >= 15 is 0 Å². The molecule has 0 atom stereocenters. The van der Waals surface area contributed by atoms with Gasteiger partial charge in [0.05, 0.1) is 4.88 Å². The topological polar surface area (TPSA) is 23.2 Å². The molecule has 2 nitrogen and oxygen atoms in total. The monoisotopic (exact) mass is 216 g/mol. The van der Waals surface area contributed by atoms with E-state index in [-0.39, 0.29) is 0 Å². The highest BCUT2D eigenvalue weighted by Crippen LogP contribution is 2.22. The van der Waals surface area contributed by atoms with Crippen molar-refractivity contribution >= 4 is 22.7 Å². The van der Waals surface area contributed by atoms with Gasteiger partial charge in [-0.3, -0.25) is 0 Å². The van der Waals surface area contributed by atoms with Crippen molar-refractivity contribution in [2.75, 3.05) is 13.1 Å². The summed E-state index contributed by atoms with van der Waals surface area (Å²) in [6.45, 7) is 4.30. The lowest BCUT2D eigenvalue weighted by molar-refractivity contribution is 0.459. The molecule has 2 heterocycles. The average molecular weight is 216 g/mol. The van der Waals surface area contributed by atoms with Crippen molar-refractivity contribution in [2.24, 2.45) is 0 Å². The van der Waals surface area contributed by atoms with E-state index in [1.165, 1.54) is 34.6 Å². The second kappa shape index (κ2) is 3.80. The summed E-state index contributed by atoms with van der Waals surface area (Å²) < 4.78 is 3.67. The molecule has 1 saturated heterocycles. The van der Waals surface area contributed by atoms with Crippen LogP contribution in [0.25, 0.3) is 0 Å². The third kappa shape index (κ3) is 1.94. The van der Waals surface area contributed by atoms with Crippen molar-refractivity contribution in [1.82, 2.24) is 4.58 Å². The lowest BCUT2D eigenvalue weighted by Gasteiger charge is -2.07. The van der Waals surface area contributed by atoms with E-state index in [0.29, 0.717) is 5.06 Å². The van der Waals surface area contributed by atoms with Crippen molar-refractivity contribution in [3.8, 4) is 5.06 Å². The van der Waals surface area contributed by atoms with E-state index in [1.807, 2.05) is 6.92 Å². The molecule has 1 aromatic rings. The average Bonchev–Trinajstić information content (AvgIpc) is 2.49. The SMILES string of the molecule is Cc1sc(=[N+]2CCCCC2)sc1O. The van der Waals surface area contributed by atoms with Crippen molar-refractivity contribution in [3.63, 3.8) is 0 Å². The third-order valence-corrected chi connectivity index (χ3v) is 4.83. The first-order valence-electron chi connectivity index (χ1n) is 4.65. The van der Waals surface area contributed by atoms with Crippen LogP contribution in [0.5, 0.6) is 5.06 Å². The van der Waals surface area contributed by atoms with Gasteiger partial charge in [-0.2, -0.15) is 0 Å². The Kier molecular flexibility index (Phi) is 2.69. The predicted octanol–water partition coefficient (Wildman–Crippen LogP) is 1.78. The first-order valence-corrected chi connectivity index (χ1v) is 6.28. The zero-order valence-electron chi connectivity index (χ0n) is 7.75. The summed E-state index contributed by atoms with van der Waals surface area (Å²) in [6.07, 6.45) is 3.95. The summed E-state index contributed by atoms with van der Waals surface area (Å²) in [5.41, 5.74) is 0. The van der Waals surface area contributed by atoms with Crippen molar-refractivity contribution in [1.29, 1.82) is 0 Å². The lowest BCUT2D eigenvalue weighted by atomic mass is 10.2. The van der Waals surface area contributed by atoms with Gasteiger partial charge in [0.25, 0.3) is 0 Å². The molecule has 1 fully saturated rings. The Morgan fingerprint density at radius 3 is 2.38 bits per heavy atom. The molecule has 0 radical (unpaired) electrons. The molecule has 0 saturated carbocycles. The Morgan fingerprint density at radius 2 is 1.85 bits per heavy atom. The van der Waals surface area contributed by atoms with Gasteiger partial charge in [-0.05, 0) is 24.7 Å². The number of rotatable bonds is 0. The maximum atomic E-state index is 9.47. The van der Waals surface area contributed by atoms with Gasteiger partial charge in [0.2, 0.25) is 0 Å². The molecule has 0 amide bonds. The van der Waals surface area contributed by atoms with E-state index in [9.17, 15) is 5.11 Å². The van der Waals surface area contributed by atoms with Crippen LogP contribution in [0.15, 0.2) is 0 Å². The summed E-state index contributed by atoms with van der Waals surface area (Å²) in [5, 5.41) is 9.96. The standard InChI is InChI=1S/C9H13NOS2/c1-7-8(11)13-9(12-7)10-5-3-2-4-6-10/h2-6H2,1H3/p+1. The normalized spacial score (nSPS) is 17.8. The van der Waals surface area contributed by atoms with Crippen molar-refractivity contribution in [3.05, 3.63) is 8.86 Å². The maximum Gasteiger partial charge on any atom is 0.317 e. The van der Waals surface area contributed by atoms with Gasteiger partial charge in [0.15, 0.2) is 5.06 Å². The van der Waals surface area contributed by atoms with Gasteiger partial charge >= 0.3 is 3.98 Å². The second-order valence-electron chi connectivity index (χ2n) is 3.38. The molecular weight excluding hydrogens is 202 g/mol. The summed E-state index contributed by atoms with van der Waals surface area (Å²) in [5.74, 6) is 0. The number of hydrogen-bond donors (Lipinski definition) is 1. The van der Waals surface area contributed by atoms with Crippen molar-refractivity contribution in [2.45, 2.75) is 26.2 Å². The van der Waals surface area contributed by atoms with Crippen LogP contribution < -0.4 is 8.56 Å². The summed E-state index contributed by atoms with van der Waals surface area (Å²) in [6, 6.07) is 0. The molecule has 1 aromatic heterocycles. The van der Waals surface area contributed by atoms with E-state index < -0.39 is 0 Å². The molecule has 72 valence electrons. The van der Waals surface area contributed by atoms with E-state index in [2.05, 4.69) is 4.58 Å². The quantitative estimate of drug-likeness (QED) is 0.657. The first kappa shape index (κ1) is 9.21. The fourth-order valence-electron chi connectivity index (χ4n) is 1.56. The molecule has 0 spiro atoms. The van der Waals surface area contributed by atoms with E-state index in [1.54, 1.807) is 11.3 Å². The molecule has 1 aliphatic rings. The summed E-state index contributed by atoms with van der Waals surface area (Å²) in [7, 11) is 0. The zero-order valence-corrected chi connectivity index (χ0v) is 9.38. The highest BCUT2D eigenvalue weighted by molar-refractivity contribution is 7.28. The minimum absolute atomic E-state index is 0.491. The Labute approximate surface area is 85.8 Å². The molecular formula is C9H14NOS2+. The summed E-state index contributed by atoms with van der Waals surface area (Å²) >= 11 is 3.24. The van der Waals surface area contributed by atoms with Crippen LogP contribution in [-0.2, 0) is 0 Å². The molecule has 0 bridgehead atoms. The number of aromatic hydroxyl groups is 1. The smallest absolute Gasteiger partial charge is 0.317 e. The molecule has 1 aliphatic heterocycles. The van der Waals surface area contributed by atoms with Crippen LogP contribution in [0.3, 0.4) is 0 Å². The largest absolute Gasteiger partial charge is 0.499 e. The van der Waals surface area contributed by atoms with Gasteiger partial charge in [-0.1, -0.05) is 11.3 Å². The molecule has 4 heteroatoms. The molecule has 1 N–H and O–H groups in total. The fourth-order valence-corrected chi connectivity index (χ4v) is 3.87. The van der Waals surface area contributed by atoms with E-state index in [4.69, 9.17) is 0 Å². The zero-order chi connectivity index (χ0) is 9.26. The highest BCUT2D eigenvalue weighted by atomic mass is 32.2. The fraction of sp³-hybridized carbons (Fsp3) is 0.667. The van der Waals surface area contributed by atoms with Crippen molar-refractivity contribution < 1.29 is 5.11 Å².